The Morgan fingerprint density at radius 1 is 1.86 bits per heavy atom. The molecule has 1 aliphatic rings. The molecule has 39 valence electrons. The summed E-state index contributed by atoms with van der Waals surface area (Å²) in [5.74, 6) is 0.139. The van der Waals surface area contributed by atoms with Crippen LogP contribution in [0.25, 0.3) is 0 Å². The third kappa shape index (κ3) is 0.918. The van der Waals surface area contributed by atoms with E-state index in [2.05, 4.69) is 12.2 Å². The van der Waals surface area contributed by atoms with Crippen LogP contribution >= 0.6 is 0 Å². The SMILES string of the molecule is [CH2]C1CCC(=O)N1. The first kappa shape index (κ1) is 4.62. The second kappa shape index (κ2) is 1.52. The largest absolute Gasteiger partial charge is 0.353 e. The van der Waals surface area contributed by atoms with Gasteiger partial charge in [-0.3, -0.25) is 4.79 Å². The summed E-state index contributed by atoms with van der Waals surface area (Å²) < 4.78 is 0. The Morgan fingerprint density at radius 3 is 2.71 bits per heavy atom. The summed E-state index contributed by atoms with van der Waals surface area (Å²) in [4.78, 5) is 10.3. The van der Waals surface area contributed by atoms with Gasteiger partial charge >= 0.3 is 0 Å². The lowest BCUT2D eigenvalue weighted by molar-refractivity contribution is -0.119. The van der Waals surface area contributed by atoms with E-state index >= 15 is 0 Å². The van der Waals surface area contributed by atoms with E-state index in [-0.39, 0.29) is 11.9 Å². The van der Waals surface area contributed by atoms with E-state index in [0.29, 0.717) is 6.42 Å². The van der Waals surface area contributed by atoms with Gasteiger partial charge in [-0.05, 0) is 13.3 Å². The molecule has 1 heterocycles. The summed E-state index contributed by atoms with van der Waals surface area (Å²) in [6, 6.07) is 0.174. The first-order valence-corrected chi connectivity index (χ1v) is 2.41. The summed E-state index contributed by atoms with van der Waals surface area (Å²) in [5.41, 5.74) is 0. The third-order valence-corrected chi connectivity index (χ3v) is 1.08. The lowest BCUT2D eigenvalue weighted by Gasteiger charge is -1.95. The van der Waals surface area contributed by atoms with Crippen LogP contribution < -0.4 is 5.32 Å². The fourth-order valence-corrected chi connectivity index (χ4v) is 0.677. The highest BCUT2D eigenvalue weighted by Crippen LogP contribution is 2.03. The Balaban J connectivity index is 2.40. The van der Waals surface area contributed by atoms with Gasteiger partial charge in [-0.2, -0.15) is 0 Å². The first-order chi connectivity index (χ1) is 3.29. The van der Waals surface area contributed by atoms with E-state index in [1.807, 2.05) is 0 Å². The molecular formula is C5H8NO. The Bertz CT molecular complexity index is 90.1. The minimum absolute atomic E-state index is 0.139. The molecule has 1 rings (SSSR count). The number of rotatable bonds is 0. The number of amides is 1. The molecule has 1 radical (unpaired) electrons. The van der Waals surface area contributed by atoms with E-state index in [1.165, 1.54) is 0 Å². The zero-order valence-corrected chi connectivity index (χ0v) is 4.11. The molecule has 7 heavy (non-hydrogen) atoms. The molecule has 2 heteroatoms. The molecule has 0 aliphatic carbocycles. The van der Waals surface area contributed by atoms with Gasteiger partial charge in [0, 0.05) is 12.5 Å². The van der Waals surface area contributed by atoms with Crippen molar-refractivity contribution in [3.8, 4) is 0 Å². The van der Waals surface area contributed by atoms with E-state index < -0.39 is 0 Å². The number of carbonyl (C=O) groups excluding carboxylic acids is 1. The molecule has 0 aromatic rings. The van der Waals surface area contributed by atoms with E-state index in [4.69, 9.17) is 0 Å². The van der Waals surface area contributed by atoms with E-state index in [9.17, 15) is 4.79 Å². The molecule has 0 saturated carbocycles. The number of carbonyl (C=O) groups is 1. The highest BCUT2D eigenvalue weighted by atomic mass is 16.1. The third-order valence-electron chi connectivity index (χ3n) is 1.08. The second-order valence-electron chi connectivity index (χ2n) is 1.80. The second-order valence-corrected chi connectivity index (χ2v) is 1.80. The highest BCUT2D eigenvalue weighted by Gasteiger charge is 2.14. The molecule has 1 unspecified atom stereocenters. The molecule has 1 fully saturated rings. The van der Waals surface area contributed by atoms with Gasteiger partial charge in [-0.15, -0.1) is 0 Å². The highest BCUT2D eigenvalue weighted by molar-refractivity contribution is 5.78. The van der Waals surface area contributed by atoms with E-state index in [1.54, 1.807) is 0 Å². The predicted molar refractivity (Wildman–Crippen MR) is 26.5 cm³/mol. The predicted octanol–water partition coefficient (Wildman–Crippen LogP) is 0.0991. The summed E-state index contributed by atoms with van der Waals surface area (Å²) >= 11 is 0. The van der Waals surface area contributed by atoms with Gasteiger partial charge in [0.1, 0.15) is 0 Å². The Hall–Kier alpha value is -0.530. The van der Waals surface area contributed by atoms with Crippen LogP contribution in [0.4, 0.5) is 0 Å². The zero-order chi connectivity index (χ0) is 5.28. The van der Waals surface area contributed by atoms with Crippen molar-refractivity contribution in [2.75, 3.05) is 0 Å². The molecule has 0 spiro atoms. The Labute approximate surface area is 42.9 Å². The molecule has 1 saturated heterocycles. The molecule has 1 amide bonds. The summed E-state index contributed by atoms with van der Waals surface area (Å²) in [6.07, 6.45) is 1.56. The van der Waals surface area contributed by atoms with E-state index in [0.717, 1.165) is 6.42 Å². The number of hydrogen-bond donors (Lipinski definition) is 1. The maximum absolute atomic E-state index is 10.3. The molecule has 1 aliphatic heterocycles. The molecule has 0 bridgehead atoms. The number of hydrogen-bond acceptors (Lipinski definition) is 1. The maximum Gasteiger partial charge on any atom is 0.220 e. The van der Waals surface area contributed by atoms with Crippen LogP contribution in [0.1, 0.15) is 12.8 Å². The van der Waals surface area contributed by atoms with Crippen molar-refractivity contribution in [3.05, 3.63) is 6.92 Å². The molecule has 1 atom stereocenters. The van der Waals surface area contributed by atoms with Crippen LogP contribution in [-0.4, -0.2) is 11.9 Å². The number of nitrogens with one attached hydrogen (secondary N) is 1. The van der Waals surface area contributed by atoms with Crippen molar-refractivity contribution in [2.24, 2.45) is 0 Å². The van der Waals surface area contributed by atoms with Crippen LogP contribution in [-0.2, 0) is 4.79 Å². The topological polar surface area (TPSA) is 29.1 Å². The Morgan fingerprint density at radius 2 is 2.57 bits per heavy atom. The van der Waals surface area contributed by atoms with Crippen molar-refractivity contribution in [1.82, 2.24) is 5.32 Å². The normalized spacial score (nSPS) is 30.4. The van der Waals surface area contributed by atoms with Crippen molar-refractivity contribution in [1.29, 1.82) is 0 Å². The maximum atomic E-state index is 10.3. The standard InChI is InChI=1S/C5H8NO/c1-4-2-3-5(7)6-4/h4H,1-3H2,(H,6,7). The van der Waals surface area contributed by atoms with Gasteiger partial charge in [0.15, 0.2) is 0 Å². The van der Waals surface area contributed by atoms with Gasteiger partial charge < -0.3 is 5.32 Å². The monoisotopic (exact) mass is 98.1 g/mol. The molecule has 2 nitrogen and oxygen atoms in total. The van der Waals surface area contributed by atoms with Crippen LogP contribution in [0.2, 0.25) is 0 Å². The lowest BCUT2D eigenvalue weighted by atomic mass is 10.3. The summed E-state index contributed by atoms with van der Waals surface area (Å²) in [6.45, 7) is 3.66. The minimum atomic E-state index is 0.139. The van der Waals surface area contributed by atoms with Crippen molar-refractivity contribution < 1.29 is 4.79 Å². The van der Waals surface area contributed by atoms with Gasteiger partial charge in [0.05, 0.1) is 0 Å². The van der Waals surface area contributed by atoms with Crippen molar-refractivity contribution in [2.45, 2.75) is 18.9 Å². The average molecular weight is 98.1 g/mol. The first-order valence-electron chi connectivity index (χ1n) is 2.41. The lowest BCUT2D eigenvalue weighted by Crippen LogP contribution is -2.21. The molecular weight excluding hydrogens is 90.1 g/mol. The quantitative estimate of drug-likeness (QED) is 0.457. The smallest absolute Gasteiger partial charge is 0.220 e. The molecule has 1 N–H and O–H groups in total. The van der Waals surface area contributed by atoms with Crippen molar-refractivity contribution >= 4 is 5.91 Å². The van der Waals surface area contributed by atoms with Gasteiger partial charge in [0.25, 0.3) is 0 Å². The van der Waals surface area contributed by atoms with Crippen LogP contribution in [0.15, 0.2) is 0 Å². The van der Waals surface area contributed by atoms with Gasteiger partial charge in [0.2, 0.25) is 5.91 Å². The fraction of sp³-hybridized carbons (Fsp3) is 0.600. The summed E-state index contributed by atoms with van der Waals surface area (Å²) in [7, 11) is 0. The van der Waals surface area contributed by atoms with Gasteiger partial charge in [-0.1, -0.05) is 0 Å². The van der Waals surface area contributed by atoms with Crippen LogP contribution in [0.3, 0.4) is 0 Å². The van der Waals surface area contributed by atoms with Crippen LogP contribution in [0, 0.1) is 6.92 Å². The van der Waals surface area contributed by atoms with Crippen molar-refractivity contribution in [3.63, 3.8) is 0 Å². The zero-order valence-electron chi connectivity index (χ0n) is 4.11. The Kier molecular flexibility index (Phi) is 1.01. The average Bonchev–Trinajstić information content (AvgIpc) is 1.87. The molecule has 0 aromatic carbocycles. The summed E-state index contributed by atoms with van der Waals surface area (Å²) in [5, 5.41) is 2.67. The fourth-order valence-electron chi connectivity index (χ4n) is 0.677. The van der Waals surface area contributed by atoms with Gasteiger partial charge in [-0.25, -0.2) is 0 Å². The van der Waals surface area contributed by atoms with Crippen LogP contribution in [0.5, 0.6) is 0 Å². The minimum Gasteiger partial charge on any atom is -0.353 e. The molecule has 0 aromatic heterocycles.